The van der Waals surface area contributed by atoms with Crippen LogP contribution in [0.25, 0.3) is 0 Å². The van der Waals surface area contributed by atoms with Crippen molar-refractivity contribution in [3.05, 3.63) is 29.8 Å². The molecule has 2 fully saturated rings. The molecule has 12 amide bonds. The molecule has 25 heteroatoms. The number of nitrogens with two attached hydrogens (primary N) is 3. The molecule has 0 unspecified atom stereocenters. The van der Waals surface area contributed by atoms with Crippen LogP contribution in [0, 0.1) is 11.8 Å². The summed E-state index contributed by atoms with van der Waals surface area (Å²) in [5.41, 5.74) is 15.0. The zero-order chi connectivity index (χ0) is 52.5. The van der Waals surface area contributed by atoms with Gasteiger partial charge < -0.3 is 69.7 Å². The topological polar surface area (TPSA) is 403 Å². The lowest BCUT2D eigenvalue weighted by Crippen LogP contribution is -2.62. The third kappa shape index (κ3) is 18.6. The van der Waals surface area contributed by atoms with Gasteiger partial charge in [0.05, 0.1) is 19.5 Å². The summed E-state index contributed by atoms with van der Waals surface area (Å²) in [7, 11) is 0. The number of phenolic OH excluding ortho intramolecular Hbond substituents is 1. The van der Waals surface area contributed by atoms with Crippen molar-refractivity contribution in [2.45, 2.75) is 141 Å². The Morgan fingerprint density at radius 3 is 1.94 bits per heavy atom. The van der Waals surface area contributed by atoms with E-state index in [0.29, 0.717) is 24.8 Å². The van der Waals surface area contributed by atoms with Crippen molar-refractivity contribution in [3.8, 4) is 5.75 Å². The third-order valence-corrected chi connectivity index (χ3v) is 11.6. The van der Waals surface area contributed by atoms with Crippen molar-refractivity contribution in [1.82, 2.24) is 47.4 Å². The van der Waals surface area contributed by atoms with Gasteiger partial charge in [-0.25, -0.2) is 0 Å². The lowest BCUT2D eigenvalue weighted by molar-refractivity contribution is -0.142. The van der Waals surface area contributed by atoms with Gasteiger partial charge in [0, 0.05) is 38.3 Å². The molecule has 1 aliphatic heterocycles. The molecule has 25 nitrogen and oxygen atoms in total. The molecule has 1 aliphatic carbocycles. The van der Waals surface area contributed by atoms with E-state index in [0.717, 1.165) is 4.90 Å². The molecule has 1 saturated carbocycles. The van der Waals surface area contributed by atoms with Gasteiger partial charge in [0.15, 0.2) is 0 Å². The number of rotatable bonds is 19. The fourth-order valence-electron chi connectivity index (χ4n) is 7.66. The highest BCUT2D eigenvalue weighted by molar-refractivity contribution is 5.99. The number of carbonyl (C=O) groups excluding carboxylic acids is 12. The van der Waals surface area contributed by atoms with Crippen LogP contribution in [0.4, 0.5) is 0 Å². The van der Waals surface area contributed by atoms with E-state index in [1.54, 1.807) is 27.7 Å². The fourth-order valence-corrected chi connectivity index (χ4v) is 7.66. The zero-order valence-corrected chi connectivity index (χ0v) is 40.1. The van der Waals surface area contributed by atoms with Gasteiger partial charge in [-0.05, 0) is 62.1 Å². The molecule has 1 aromatic rings. The molecule has 1 aromatic carbocycles. The minimum atomic E-state index is -1.84. The van der Waals surface area contributed by atoms with Crippen LogP contribution in [0.1, 0.15) is 98.0 Å². The Hall–Kier alpha value is -7.34. The molecule has 0 aromatic heterocycles. The SMILES string of the molecule is CC[C@H](C)[C@@H]1NC(=O)[C@H](Cc2ccc(O)cc2)NC(=O)CCC(=O)NC[C@@H](C(=O)N(CC(=O)N[C@](C)(CC(C)C)C(=O)NCC(N)=O)C2CC2)NC(=O)[C@H](CC(N)=O)NC(=O)[C@H](CCC(N)=O)NC1=O. The smallest absolute Gasteiger partial charge is 0.247 e. The molecule has 2 aliphatic rings. The Bertz CT molecular complexity index is 2130. The van der Waals surface area contributed by atoms with Gasteiger partial charge in [0.25, 0.3) is 0 Å². The Morgan fingerprint density at radius 1 is 0.771 bits per heavy atom. The number of phenols is 1. The molecule has 3 rings (SSSR count). The van der Waals surface area contributed by atoms with E-state index in [4.69, 9.17) is 17.2 Å². The number of nitrogens with zero attached hydrogens (tertiary/aromatic N) is 1. The maximum absolute atomic E-state index is 14.5. The van der Waals surface area contributed by atoms with Crippen LogP contribution < -0.4 is 59.7 Å². The van der Waals surface area contributed by atoms with Crippen LogP contribution >= 0.6 is 0 Å². The second-order valence-electron chi connectivity index (χ2n) is 18.4. The first-order chi connectivity index (χ1) is 32.8. The first-order valence-corrected chi connectivity index (χ1v) is 23.1. The summed E-state index contributed by atoms with van der Waals surface area (Å²) in [6.07, 6.45) is -1.60. The Balaban J connectivity index is 2.07. The number of aromatic hydroxyl groups is 1. The predicted molar refractivity (Wildman–Crippen MR) is 248 cm³/mol. The molecule has 15 N–H and O–H groups in total. The van der Waals surface area contributed by atoms with Crippen molar-refractivity contribution in [2.24, 2.45) is 29.0 Å². The van der Waals surface area contributed by atoms with Gasteiger partial charge >= 0.3 is 0 Å². The van der Waals surface area contributed by atoms with E-state index in [1.807, 2.05) is 0 Å². The summed E-state index contributed by atoms with van der Waals surface area (Å²) in [6, 6.07) is -2.66. The van der Waals surface area contributed by atoms with Crippen LogP contribution in [0.2, 0.25) is 0 Å². The van der Waals surface area contributed by atoms with Gasteiger partial charge in [0.2, 0.25) is 70.9 Å². The van der Waals surface area contributed by atoms with Crippen molar-refractivity contribution in [3.63, 3.8) is 0 Å². The summed E-state index contributed by atoms with van der Waals surface area (Å²) in [4.78, 5) is 161. The van der Waals surface area contributed by atoms with E-state index in [-0.39, 0.29) is 24.5 Å². The molecular weight excluding hydrogens is 917 g/mol. The minimum Gasteiger partial charge on any atom is -0.508 e. The summed E-state index contributed by atoms with van der Waals surface area (Å²) in [5.74, 6) is -11.6. The van der Waals surface area contributed by atoms with Gasteiger partial charge in [-0.1, -0.05) is 46.2 Å². The third-order valence-electron chi connectivity index (χ3n) is 11.6. The lowest BCUT2D eigenvalue weighted by Gasteiger charge is -2.33. The number of amides is 12. The summed E-state index contributed by atoms with van der Waals surface area (Å²) in [6.45, 7) is 6.55. The molecule has 1 heterocycles. The molecule has 0 bridgehead atoms. The molecule has 1 saturated heterocycles. The Labute approximate surface area is 405 Å². The lowest BCUT2D eigenvalue weighted by atomic mass is 9.89. The quantitative estimate of drug-likeness (QED) is 0.0629. The highest BCUT2D eigenvalue weighted by Gasteiger charge is 2.42. The number of carbonyl (C=O) groups is 12. The number of benzene rings is 1. The molecule has 0 spiro atoms. The maximum Gasteiger partial charge on any atom is 0.247 e. The first-order valence-electron chi connectivity index (χ1n) is 23.1. The van der Waals surface area contributed by atoms with E-state index >= 15 is 0 Å². The standard InChI is InChI=1S/C45H68N12O13/c1-6-24(4)38-42(68)52-28(13-14-32(46)59)39(65)53-30(18-33(47)60)40(66)54-31(20-49-35(62)15-16-36(63)51-29(41(67)55-38)17-25-7-11-27(58)12-8-25)43(69)57(26-9-10-26)22-37(64)56-45(5,19-23(2)3)44(70)50-21-34(48)61/h7-8,11-12,23-24,26,28-31,38,58H,6,9-10,13-22H2,1-5H3,(H2,46,59)(H2,47,60)(H2,48,61)(H,49,62)(H,50,70)(H,51,63)(H,52,68)(H,53,65)(H,54,66)(H,55,67)(H,56,64)/t24-,28-,29-,30-,31-,38-,45+/m0/s1. The van der Waals surface area contributed by atoms with E-state index in [1.165, 1.54) is 31.2 Å². The largest absolute Gasteiger partial charge is 0.508 e. The van der Waals surface area contributed by atoms with Gasteiger partial charge in [-0.3, -0.25) is 57.5 Å². The van der Waals surface area contributed by atoms with E-state index in [2.05, 4.69) is 42.5 Å². The zero-order valence-electron chi connectivity index (χ0n) is 40.1. The average molecular weight is 985 g/mol. The normalized spacial score (nSPS) is 22.2. The molecular formula is C45H68N12O13. The van der Waals surface area contributed by atoms with Crippen molar-refractivity contribution in [2.75, 3.05) is 19.6 Å². The average Bonchev–Trinajstić information content (AvgIpc) is 4.13. The number of hydrogen-bond acceptors (Lipinski definition) is 13. The Kier molecular flexibility index (Phi) is 21.5. The van der Waals surface area contributed by atoms with Crippen molar-refractivity contribution >= 4 is 70.9 Å². The second kappa shape index (κ2) is 26.4. The number of nitrogens with one attached hydrogen (secondary N) is 8. The number of hydrogen-bond donors (Lipinski definition) is 12. The summed E-state index contributed by atoms with van der Waals surface area (Å²) >= 11 is 0. The highest BCUT2D eigenvalue weighted by atomic mass is 16.3. The van der Waals surface area contributed by atoms with Gasteiger partial charge in [0.1, 0.15) is 41.5 Å². The van der Waals surface area contributed by atoms with Crippen LogP contribution in [-0.2, 0) is 64.0 Å². The maximum atomic E-state index is 14.5. The van der Waals surface area contributed by atoms with Crippen molar-refractivity contribution in [1.29, 1.82) is 0 Å². The van der Waals surface area contributed by atoms with Crippen LogP contribution in [0.5, 0.6) is 5.75 Å². The summed E-state index contributed by atoms with van der Waals surface area (Å²) in [5, 5.41) is 29.8. The predicted octanol–water partition coefficient (Wildman–Crippen LogP) is -4.03. The van der Waals surface area contributed by atoms with Crippen LogP contribution in [0.3, 0.4) is 0 Å². The highest BCUT2D eigenvalue weighted by Crippen LogP contribution is 2.28. The minimum absolute atomic E-state index is 0.0663. The van der Waals surface area contributed by atoms with Crippen LogP contribution in [-0.4, -0.2) is 142 Å². The molecule has 70 heavy (non-hydrogen) atoms. The van der Waals surface area contributed by atoms with Gasteiger partial charge in [-0.2, -0.15) is 0 Å². The van der Waals surface area contributed by atoms with Crippen LogP contribution in [0.15, 0.2) is 24.3 Å². The van der Waals surface area contributed by atoms with E-state index in [9.17, 15) is 62.6 Å². The second-order valence-corrected chi connectivity index (χ2v) is 18.4. The monoisotopic (exact) mass is 985 g/mol. The fraction of sp³-hybridized carbons (Fsp3) is 0.600. The summed E-state index contributed by atoms with van der Waals surface area (Å²) < 4.78 is 0. The first kappa shape index (κ1) is 57.0. The van der Waals surface area contributed by atoms with E-state index < -0.39 is 170 Å². The van der Waals surface area contributed by atoms with Crippen molar-refractivity contribution < 1.29 is 62.6 Å². The molecule has 0 radical (unpaired) electrons. The molecule has 7 atom stereocenters. The number of primary amides is 3. The Morgan fingerprint density at radius 2 is 1.37 bits per heavy atom. The molecule has 386 valence electrons. The van der Waals surface area contributed by atoms with Gasteiger partial charge in [-0.15, -0.1) is 0 Å².